The van der Waals surface area contributed by atoms with Crippen molar-refractivity contribution in [3.63, 3.8) is 0 Å². The Bertz CT molecular complexity index is 823. The molecule has 4 heterocycles. The van der Waals surface area contributed by atoms with Crippen LogP contribution in [-0.4, -0.2) is 39.9 Å². The highest BCUT2D eigenvalue weighted by Gasteiger charge is 2.28. The van der Waals surface area contributed by atoms with E-state index in [1.807, 2.05) is 11.4 Å². The highest BCUT2D eigenvalue weighted by molar-refractivity contribution is 7.16. The van der Waals surface area contributed by atoms with Gasteiger partial charge in [-0.1, -0.05) is 0 Å². The van der Waals surface area contributed by atoms with E-state index in [9.17, 15) is 4.79 Å². The summed E-state index contributed by atoms with van der Waals surface area (Å²) in [6, 6.07) is 3.54. The highest BCUT2D eigenvalue weighted by atomic mass is 32.1. The van der Waals surface area contributed by atoms with E-state index in [1.165, 1.54) is 0 Å². The van der Waals surface area contributed by atoms with Crippen molar-refractivity contribution in [1.29, 1.82) is 0 Å². The zero-order chi connectivity index (χ0) is 14.2. The molecule has 21 heavy (non-hydrogen) atoms. The molecule has 0 saturated carbocycles. The van der Waals surface area contributed by atoms with Gasteiger partial charge < -0.3 is 14.7 Å². The van der Waals surface area contributed by atoms with Gasteiger partial charge >= 0.3 is 0 Å². The number of aromatic amines is 2. The lowest BCUT2D eigenvalue weighted by Gasteiger charge is -2.36. The topological polar surface area (TPSA) is 86.9 Å². The summed E-state index contributed by atoms with van der Waals surface area (Å²) in [6.45, 7) is 1.88. The van der Waals surface area contributed by atoms with E-state index in [0.717, 1.165) is 28.3 Å². The van der Waals surface area contributed by atoms with Gasteiger partial charge in [0.1, 0.15) is 17.0 Å². The number of nitrogens with one attached hydrogen (secondary N) is 2. The van der Waals surface area contributed by atoms with Crippen LogP contribution in [0.5, 0.6) is 0 Å². The van der Waals surface area contributed by atoms with Crippen molar-refractivity contribution in [3.05, 3.63) is 39.9 Å². The lowest BCUT2D eigenvalue weighted by Crippen LogP contribution is -2.40. The van der Waals surface area contributed by atoms with Crippen molar-refractivity contribution in [1.82, 2.24) is 20.2 Å². The Morgan fingerprint density at radius 2 is 2.33 bits per heavy atom. The van der Waals surface area contributed by atoms with Crippen LogP contribution < -0.4 is 10.5 Å². The van der Waals surface area contributed by atoms with Crippen LogP contribution >= 0.6 is 11.3 Å². The molecule has 0 aromatic carbocycles. The summed E-state index contributed by atoms with van der Waals surface area (Å²) in [5.74, 6) is 0.886. The van der Waals surface area contributed by atoms with Gasteiger partial charge in [0, 0.05) is 12.6 Å². The molecule has 1 fully saturated rings. The molecule has 0 amide bonds. The van der Waals surface area contributed by atoms with Crippen molar-refractivity contribution >= 4 is 27.4 Å². The van der Waals surface area contributed by atoms with Crippen molar-refractivity contribution in [3.8, 4) is 0 Å². The number of thiophene rings is 1. The van der Waals surface area contributed by atoms with Gasteiger partial charge in [0.15, 0.2) is 0 Å². The minimum absolute atomic E-state index is 0.0595. The van der Waals surface area contributed by atoms with Crippen LogP contribution in [0.4, 0.5) is 5.82 Å². The maximum absolute atomic E-state index is 11.4. The summed E-state index contributed by atoms with van der Waals surface area (Å²) < 4.78 is 5.57. The predicted molar refractivity (Wildman–Crippen MR) is 79.7 cm³/mol. The molecule has 0 radical (unpaired) electrons. The van der Waals surface area contributed by atoms with Crippen LogP contribution in [0.2, 0.25) is 0 Å². The van der Waals surface area contributed by atoms with E-state index in [-0.39, 0.29) is 11.6 Å². The van der Waals surface area contributed by atoms with Crippen molar-refractivity contribution in [2.45, 2.75) is 6.04 Å². The maximum Gasteiger partial charge on any atom is 0.264 e. The number of H-pyrrole nitrogens is 2. The predicted octanol–water partition coefficient (Wildman–Crippen LogP) is 1.29. The zero-order valence-corrected chi connectivity index (χ0v) is 11.9. The Labute approximate surface area is 123 Å². The first kappa shape index (κ1) is 12.5. The van der Waals surface area contributed by atoms with E-state index >= 15 is 0 Å². The Morgan fingerprint density at radius 1 is 1.38 bits per heavy atom. The summed E-state index contributed by atoms with van der Waals surface area (Å²) in [6.07, 6.45) is 1.58. The fourth-order valence-electron chi connectivity index (χ4n) is 2.65. The molecule has 0 spiro atoms. The summed E-state index contributed by atoms with van der Waals surface area (Å²) >= 11 is 1.59. The van der Waals surface area contributed by atoms with Gasteiger partial charge in [-0.05, 0) is 11.4 Å². The molecule has 1 atom stereocenters. The second-order valence-electron chi connectivity index (χ2n) is 4.83. The second kappa shape index (κ2) is 4.97. The van der Waals surface area contributed by atoms with E-state index in [2.05, 4.69) is 25.1 Å². The smallest absolute Gasteiger partial charge is 0.264 e. The van der Waals surface area contributed by atoms with Gasteiger partial charge in [-0.3, -0.25) is 9.89 Å². The minimum atomic E-state index is -0.140. The minimum Gasteiger partial charge on any atom is -0.377 e. The molecule has 1 aliphatic heterocycles. The van der Waals surface area contributed by atoms with Crippen LogP contribution in [0.25, 0.3) is 10.2 Å². The molecule has 1 unspecified atom stereocenters. The summed E-state index contributed by atoms with van der Waals surface area (Å²) in [7, 11) is 0. The lowest BCUT2D eigenvalue weighted by molar-refractivity contribution is 0.0927. The highest BCUT2D eigenvalue weighted by Crippen LogP contribution is 2.33. The molecule has 4 rings (SSSR count). The van der Waals surface area contributed by atoms with Gasteiger partial charge in [0.2, 0.25) is 0 Å². The number of rotatable bonds is 2. The quantitative estimate of drug-likeness (QED) is 0.745. The molecule has 2 N–H and O–H groups in total. The fourth-order valence-corrected chi connectivity index (χ4v) is 3.37. The molecule has 3 aromatic rings. The van der Waals surface area contributed by atoms with Gasteiger partial charge in [-0.15, -0.1) is 11.3 Å². The Morgan fingerprint density at radius 3 is 3.19 bits per heavy atom. The number of nitrogens with zero attached hydrogens (tertiary/aromatic N) is 3. The molecule has 8 heteroatoms. The summed E-state index contributed by atoms with van der Waals surface area (Å²) in [5, 5.41) is 8.54. The Balaban J connectivity index is 1.80. The van der Waals surface area contributed by atoms with Gasteiger partial charge in [-0.2, -0.15) is 0 Å². The van der Waals surface area contributed by atoms with Crippen molar-refractivity contribution < 1.29 is 4.74 Å². The second-order valence-corrected chi connectivity index (χ2v) is 5.73. The number of hydrogen-bond donors (Lipinski definition) is 2. The average Bonchev–Trinajstić information content (AvgIpc) is 3.15. The molecule has 7 nitrogen and oxygen atoms in total. The maximum atomic E-state index is 11.4. The average molecular weight is 303 g/mol. The summed E-state index contributed by atoms with van der Waals surface area (Å²) in [5.41, 5.74) is 0.667. The number of fused-ring (bicyclic) bond motifs is 1. The van der Waals surface area contributed by atoms with E-state index in [4.69, 9.17) is 4.74 Å². The molecule has 1 aliphatic rings. The molecule has 1 saturated heterocycles. The Hall–Kier alpha value is -2.19. The monoisotopic (exact) mass is 303 g/mol. The molecule has 3 aromatic heterocycles. The summed E-state index contributed by atoms with van der Waals surface area (Å²) in [4.78, 5) is 23.2. The van der Waals surface area contributed by atoms with Crippen molar-refractivity contribution in [2.24, 2.45) is 0 Å². The Kier molecular flexibility index (Phi) is 2.97. The van der Waals surface area contributed by atoms with E-state index in [0.29, 0.717) is 13.2 Å². The van der Waals surface area contributed by atoms with Crippen LogP contribution in [0.1, 0.15) is 11.7 Å². The number of anilines is 1. The molecular formula is C13H13N5O2S. The van der Waals surface area contributed by atoms with Crippen LogP contribution in [0, 0.1) is 0 Å². The van der Waals surface area contributed by atoms with Crippen molar-refractivity contribution in [2.75, 3.05) is 24.7 Å². The normalized spacial score (nSPS) is 19.2. The third kappa shape index (κ3) is 2.12. The molecular weight excluding hydrogens is 290 g/mol. The molecule has 0 aliphatic carbocycles. The lowest BCUT2D eigenvalue weighted by atomic mass is 10.1. The van der Waals surface area contributed by atoms with Crippen LogP contribution in [0.15, 0.2) is 28.6 Å². The van der Waals surface area contributed by atoms with Crippen LogP contribution in [0.3, 0.4) is 0 Å². The standard InChI is InChI=1S/C13H13N5O2S/c19-11-5-9(16-17-11)10-6-20-3-2-18(10)12-8-1-4-21-13(8)15-7-14-12/h1,4-5,7,10H,2-3,6H2,(H2,16,17,19). The molecule has 0 bridgehead atoms. The van der Waals surface area contributed by atoms with E-state index in [1.54, 1.807) is 23.7 Å². The third-order valence-electron chi connectivity index (χ3n) is 3.62. The van der Waals surface area contributed by atoms with E-state index < -0.39 is 0 Å². The van der Waals surface area contributed by atoms with Gasteiger partial charge in [-0.25, -0.2) is 9.97 Å². The third-order valence-corrected chi connectivity index (χ3v) is 4.44. The number of ether oxygens (including phenoxy) is 1. The zero-order valence-electron chi connectivity index (χ0n) is 11.1. The van der Waals surface area contributed by atoms with Gasteiger partial charge in [0.25, 0.3) is 5.56 Å². The number of hydrogen-bond acceptors (Lipinski definition) is 6. The SMILES string of the molecule is O=c1cc(C2COCCN2c2ncnc3sccc23)[nH][nH]1. The first-order chi connectivity index (χ1) is 10.3. The van der Waals surface area contributed by atoms with Crippen LogP contribution in [-0.2, 0) is 4.74 Å². The first-order valence-electron chi connectivity index (χ1n) is 6.63. The number of morpholine rings is 1. The molecule has 108 valence electrons. The van der Waals surface area contributed by atoms with Gasteiger partial charge in [0.05, 0.1) is 30.3 Å². The first-order valence-corrected chi connectivity index (χ1v) is 7.51. The largest absolute Gasteiger partial charge is 0.377 e. The number of aromatic nitrogens is 4. The fraction of sp³-hybridized carbons (Fsp3) is 0.308.